The number of hydrogen-bond donors (Lipinski definition) is 1. The van der Waals surface area contributed by atoms with Crippen LogP contribution in [0.1, 0.15) is 16.7 Å². The number of ether oxygens (including phenoxy) is 1. The number of fused-ring (bicyclic) bond motifs is 1. The van der Waals surface area contributed by atoms with E-state index in [9.17, 15) is 26.4 Å². The molecule has 1 N–H and O–H groups in total. The molecule has 0 spiro atoms. The van der Waals surface area contributed by atoms with E-state index in [0.717, 1.165) is 17.2 Å². The SMILES string of the molecule is O=C(O)CS(=O)(=O)c1ccc(Oc2cccc(-c3c(Cc4ccccc4)cnc4c(C(F)(F)F)cccc34)c2)cc1. The van der Waals surface area contributed by atoms with Gasteiger partial charge in [0.2, 0.25) is 0 Å². The lowest BCUT2D eigenvalue weighted by Gasteiger charge is -2.17. The Morgan fingerprint density at radius 2 is 1.56 bits per heavy atom. The highest BCUT2D eigenvalue weighted by Crippen LogP contribution is 2.40. The van der Waals surface area contributed by atoms with Crippen LogP contribution in [0.2, 0.25) is 0 Å². The summed E-state index contributed by atoms with van der Waals surface area (Å²) in [5, 5.41) is 9.19. The minimum Gasteiger partial charge on any atom is -0.480 e. The Kier molecular flexibility index (Phi) is 7.51. The van der Waals surface area contributed by atoms with E-state index < -0.39 is 33.3 Å². The fourth-order valence-corrected chi connectivity index (χ4v) is 5.64. The lowest BCUT2D eigenvalue weighted by molar-refractivity contribution is -0.136. The molecule has 0 fully saturated rings. The van der Waals surface area contributed by atoms with Gasteiger partial charge in [-0.1, -0.05) is 54.6 Å². The van der Waals surface area contributed by atoms with Gasteiger partial charge in [0.15, 0.2) is 15.6 Å². The van der Waals surface area contributed by atoms with E-state index in [-0.39, 0.29) is 10.4 Å². The van der Waals surface area contributed by atoms with Gasteiger partial charge in [0.25, 0.3) is 0 Å². The first-order chi connectivity index (χ1) is 19.5. The van der Waals surface area contributed by atoms with Crippen LogP contribution < -0.4 is 4.74 Å². The second-order valence-corrected chi connectivity index (χ2v) is 11.3. The largest absolute Gasteiger partial charge is 0.480 e. The molecule has 0 amide bonds. The minimum atomic E-state index is -4.58. The molecule has 5 aromatic rings. The molecule has 10 heteroatoms. The number of para-hydroxylation sites is 1. The van der Waals surface area contributed by atoms with Gasteiger partial charge in [-0.2, -0.15) is 13.2 Å². The molecule has 41 heavy (non-hydrogen) atoms. The van der Waals surface area contributed by atoms with Gasteiger partial charge in [-0.15, -0.1) is 0 Å². The van der Waals surface area contributed by atoms with E-state index >= 15 is 0 Å². The highest BCUT2D eigenvalue weighted by Gasteiger charge is 2.33. The number of carboxylic acid groups (broad SMARTS) is 1. The summed E-state index contributed by atoms with van der Waals surface area (Å²) < 4.78 is 71.8. The van der Waals surface area contributed by atoms with Crippen LogP contribution in [-0.2, 0) is 27.2 Å². The number of alkyl halides is 3. The fourth-order valence-electron chi connectivity index (χ4n) is 4.60. The molecule has 0 aliphatic carbocycles. The first kappa shape index (κ1) is 27.9. The van der Waals surface area contributed by atoms with Gasteiger partial charge >= 0.3 is 12.1 Å². The molecule has 0 saturated carbocycles. The summed E-state index contributed by atoms with van der Waals surface area (Å²) in [6.45, 7) is 0. The van der Waals surface area contributed by atoms with Crippen molar-refractivity contribution < 1.29 is 36.2 Å². The first-order valence-corrected chi connectivity index (χ1v) is 14.0. The van der Waals surface area contributed by atoms with Crippen molar-refractivity contribution in [2.75, 3.05) is 5.75 Å². The quantitative estimate of drug-likeness (QED) is 0.210. The third kappa shape index (κ3) is 6.22. The van der Waals surface area contributed by atoms with Crippen molar-refractivity contribution in [1.82, 2.24) is 4.98 Å². The summed E-state index contributed by atoms with van der Waals surface area (Å²) in [4.78, 5) is 14.9. The average Bonchev–Trinajstić information content (AvgIpc) is 2.92. The highest BCUT2D eigenvalue weighted by atomic mass is 32.2. The normalized spacial score (nSPS) is 11.9. The summed E-state index contributed by atoms with van der Waals surface area (Å²) in [6, 6.07) is 25.7. The van der Waals surface area contributed by atoms with Crippen LogP contribution in [0.4, 0.5) is 13.2 Å². The van der Waals surface area contributed by atoms with Crippen LogP contribution in [0.15, 0.2) is 108 Å². The number of aromatic nitrogens is 1. The molecule has 0 saturated heterocycles. The second-order valence-electron chi connectivity index (χ2n) is 9.27. The number of pyridine rings is 1. The monoisotopic (exact) mass is 577 g/mol. The molecular weight excluding hydrogens is 555 g/mol. The number of carboxylic acids is 1. The maximum absolute atomic E-state index is 13.8. The molecular formula is C31H22F3NO5S. The zero-order valence-electron chi connectivity index (χ0n) is 21.3. The van der Waals surface area contributed by atoms with Crippen LogP contribution in [0.3, 0.4) is 0 Å². The van der Waals surface area contributed by atoms with Crippen molar-refractivity contribution in [3.63, 3.8) is 0 Å². The van der Waals surface area contributed by atoms with Crippen LogP contribution in [-0.4, -0.2) is 30.2 Å². The van der Waals surface area contributed by atoms with Crippen molar-refractivity contribution in [2.24, 2.45) is 0 Å². The molecule has 208 valence electrons. The molecule has 0 unspecified atom stereocenters. The Balaban J connectivity index is 1.56. The standard InChI is InChI=1S/C31H22F3NO5S/c32-31(33,34)27-11-5-10-26-29(22(18-35-30(26)27)16-20-6-2-1-3-7-20)21-8-4-9-24(17-21)40-23-12-14-25(15-13-23)41(38,39)19-28(36)37/h1-15,17-18H,16,19H2,(H,36,37). The Morgan fingerprint density at radius 3 is 2.24 bits per heavy atom. The summed E-state index contributed by atoms with van der Waals surface area (Å²) in [5.74, 6) is -1.83. The Hall–Kier alpha value is -4.70. The van der Waals surface area contributed by atoms with E-state index in [2.05, 4.69) is 4.98 Å². The lowest BCUT2D eigenvalue weighted by atomic mass is 9.92. The van der Waals surface area contributed by atoms with Crippen LogP contribution in [0.25, 0.3) is 22.0 Å². The number of aliphatic carboxylic acids is 1. The summed E-state index contributed by atoms with van der Waals surface area (Å²) in [6.07, 6.45) is -2.67. The van der Waals surface area contributed by atoms with Crippen LogP contribution in [0, 0.1) is 0 Å². The molecule has 0 radical (unpaired) electrons. The maximum Gasteiger partial charge on any atom is 0.418 e. The highest BCUT2D eigenvalue weighted by molar-refractivity contribution is 7.92. The number of benzene rings is 4. The maximum atomic E-state index is 13.8. The summed E-state index contributed by atoms with van der Waals surface area (Å²) in [5.41, 5.74) is 1.91. The van der Waals surface area contributed by atoms with Gasteiger partial charge in [0.05, 0.1) is 16.0 Å². The molecule has 0 aliphatic heterocycles. The zero-order valence-corrected chi connectivity index (χ0v) is 22.1. The Labute approximate surface area is 233 Å². The topological polar surface area (TPSA) is 93.6 Å². The van der Waals surface area contributed by atoms with E-state index in [1.165, 1.54) is 36.5 Å². The molecule has 0 aliphatic rings. The smallest absolute Gasteiger partial charge is 0.418 e. The molecule has 0 atom stereocenters. The predicted molar refractivity (Wildman–Crippen MR) is 148 cm³/mol. The van der Waals surface area contributed by atoms with Gasteiger partial charge in [0, 0.05) is 11.6 Å². The van der Waals surface area contributed by atoms with E-state index in [1.807, 2.05) is 30.3 Å². The number of halogens is 3. The molecule has 6 nitrogen and oxygen atoms in total. The number of nitrogens with zero attached hydrogens (tertiary/aromatic N) is 1. The summed E-state index contributed by atoms with van der Waals surface area (Å²) in [7, 11) is -4.00. The molecule has 4 aromatic carbocycles. The van der Waals surface area contributed by atoms with E-state index in [0.29, 0.717) is 34.4 Å². The second kappa shape index (κ2) is 11.1. The van der Waals surface area contributed by atoms with Gasteiger partial charge in [-0.3, -0.25) is 9.78 Å². The average molecular weight is 578 g/mol. The van der Waals surface area contributed by atoms with Gasteiger partial charge < -0.3 is 9.84 Å². The van der Waals surface area contributed by atoms with Crippen molar-refractivity contribution >= 4 is 26.7 Å². The van der Waals surface area contributed by atoms with Crippen LogP contribution >= 0.6 is 0 Å². The van der Waals surface area contributed by atoms with Crippen molar-refractivity contribution in [3.8, 4) is 22.6 Å². The van der Waals surface area contributed by atoms with Crippen molar-refractivity contribution in [1.29, 1.82) is 0 Å². The fraction of sp³-hybridized carbons (Fsp3) is 0.0968. The third-order valence-electron chi connectivity index (χ3n) is 6.37. The first-order valence-electron chi connectivity index (χ1n) is 12.4. The summed E-state index contributed by atoms with van der Waals surface area (Å²) >= 11 is 0. The van der Waals surface area contributed by atoms with E-state index in [4.69, 9.17) is 9.84 Å². The molecule has 5 rings (SSSR count). The van der Waals surface area contributed by atoms with E-state index in [1.54, 1.807) is 30.3 Å². The van der Waals surface area contributed by atoms with Crippen molar-refractivity contribution in [3.05, 3.63) is 120 Å². The predicted octanol–water partition coefficient (Wildman–Crippen LogP) is 7.16. The van der Waals surface area contributed by atoms with Gasteiger partial charge in [-0.05, 0) is 71.1 Å². The van der Waals surface area contributed by atoms with Gasteiger partial charge in [-0.25, -0.2) is 8.42 Å². The number of carbonyl (C=O) groups is 1. The van der Waals surface area contributed by atoms with Crippen molar-refractivity contribution in [2.45, 2.75) is 17.5 Å². The Bertz CT molecular complexity index is 1840. The van der Waals surface area contributed by atoms with Crippen LogP contribution in [0.5, 0.6) is 11.5 Å². The Morgan fingerprint density at radius 1 is 0.854 bits per heavy atom. The lowest BCUT2D eigenvalue weighted by Crippen LogP contribution is -2.15. The third-order valence-corrected chi connectivity index (χ3v) is 7.99. The number of sulfone groups is 1. The molecule has 1 aromatic heterocycles. The number of rotatable bonds is 8. The minimum absolute atomic E-state index is 0.156. The number of hydrogen-bond acceptors (Lipinski definition) is 5. The molecule has 0 bridgehead atoms. The zero-order chi connectivity index (χ0) is 29.2. The van der Waals surface area contributed by atoms with Gasteiger partial charge in [0.1, 0.15) is 11.5 Å². The molecule has 1 heterocycles.